The van der Waals surface area contributed by atoms with Gasteiger partial charge in [-0.2, -0.15) is 5.26 Å². The van der Waals surface area contributed by atoms with Crippen molar-refractivity contribution in [3.05, 3.63) is 58.5 Å². The zero-order chi connectivity index (χ0) is 23.6. The minimum atomic E-state index is -0.152. The Bertz CT molecular complexity index is 1230. The lowest BCUT2D eigenvalue weighted by Crippen LogP contribution is -2.14. The van der Waals surface area contributed by atoms with Crippen molar-refractivity contribution < 1.29 is 4.79 Å². The number of rotatable bonds is 7. The van der Waals surface area contributed by atoms with Gasteiger partial charge in [0, 0.05) is 17.0 Å². The number of thiophene rings is 1. The van der Waals surface area contributed by atoms with Gasteiger partial charge in [-0.3, -0.25) is 9.36 Å². The molecule has 0 atom stereocenters. The van der Waals surface area contributed by atoms with Crippen molar-refractivity contribution >= 4 is 34.0 Å². The fourth-order valence-electron chi connectivity index (χ4n) is 3.93. The Hall–Kier alpha value is -2.89. The average Bonchev–Trinajstić information content (AvgIpc) is 3.47. The Balaban J connectivity index is 1.48. The summed E-state index contributed by atoms with van der Waals surface area (Å²) >= 11 is 2.86. The van der Waals surface area contributed by atoms with E-state index in [-0.39, 0.29) is 17.1 Å². The maximum absolute atomic E-state index is 12.6. The zero-order valence-corrected chi connectivity index (χ0v) is 20.8. The first-order chi connectivity index (χ1) is 15.8. The monoisotopic (exact) mass is 477 g/mol. The van der Waals surface area contributed by atoms with Gasteiger partial charge in [0.2, 0.25) is 5.91 Å². The van der Waals surface area contributed by atoms with E-state index in [1.807, 2.05) is 4.57 Å². The molecular formula is C25H27N5OS2. The van der Waals surface area contributed by atoms with E-state index in [2.05, 4.69) is 73.2 Å². The van der Waals surface area contributed by atoms with Gasteiger partial charge in [0.25, 0.3) is 0 Å². The molecule has 33 heavy (non-hydrogen) atoms. The van der Waals surface area contributed by atoms with Crippen molar-refractivity contribution in [2.24, 2.45) is 0 Å². The number of carbonyl (C=O) groups excluding carboxylic acids is 1. The molecule has 0 saturated carbocycles. The normalized spacial score (nSPS) is 12.9. The lowest BCUT2D eigenvalue weighted by Gasteiger charge is -2.19. The SMILES string of the molecule is C=CCn1c(SCC(=O)Nc2sc3c(c2C#N)CCC3)nnc1-c1ccc(C(C)(C)C)cc1. The Labute approximate surface area is 202 Å². The van der Waals surface area contributed by atoms with Gasteiger partial charge in [-0.25, -0.2) is 0 Å². The van der Waals surface area contributed by atoms with E-state index in [4.69, 9.17) is 0 Å². The predicted octanol–water partition coefficient (Wildman–Crippen LogP) is 5.58. The minimum Gasteiger partial charge on any atom is -0.316 e. The predicted molar refractivity (Wildman–Crippen MR) is 135 cm³/mol. The number of amides is 1. The summed E-state index contributed by atoms with van der Waals surface area (Å²) in [6, 6.07) is 10.6. The summed E-state index contributed by atoms with van der Waals surface area (Å²) in [6.07, 6.45) is 4.79. The number of allylic oxidation sites excluding steroid dienone is 1. The van der Waals surface area contributed by atoms with Gasteiger partial charge >= 0.3 is 0 Å². The number of anilines is 1. The minimum absolute atomic E-state index is 0.0792. The summed E-state index contributed by atoms with van der Waals surface area (Å²) < 4.78 is 1.97. The van der Waals surface area contributed by atoms with Gasteiger partial charge < -0.3 is 5.32 Å². The van der Waals surface area contributed by atoms with E-state index >= 15 is 0 Å². The molecule has 1 aromatic carbocycles. The standard InChI is InChI=1S/C25H27N5OS2/c1-5-13-30-22(16-9-11-17(12-10-16)25(2,3)4)28-29-24(30)32-15-21(31)27-23-19(14-26)18-7-6-8-20(18)33-23/h5,9-12H,1,6-8,13,15H2,2-4H3,(H,27,31). The van der Waals surface area contributed by atoms with Gasteiger partial charge in [0.15, 0.2) is 11.0 Å². The van der Waals surface area contributed by atoms with Crippen molar-refractivity contribution in [3.63, 3.8) is 0 Å². The first-order valence-electron chi connectivity index (χ1n) is 10.9. The molecule has 1 N–H and O–H groups in total. The quantitative estimate of drug-likeness (QED) is 0.355. The van der Waals surface area contributed by atoms with Gasteiger partial charge in [0.05, 0.1) is 11.3 Å². The van der Waals surface area contributed by atoms with E-state index in [1.165, 1.54) is 33.5 Å². The van der Waals surface area contributed by atoms with Crippen LogP contribution in [-0.4, -0.2) is 26.4 Å². The van der Waals surface area contributed by atoms with Crippen molar-refractivity contribution in [1.82, 2.24) is 14.8 Å². The molecule has 0 radical (unpaired) electrons. The van der Waals surface area contributed by atoms with Crippen molar-refractivity contribution in [2.75, 3.05) is 11.1 Å². The second-order valence-electron chi connectivity index (χ2n) is 9.04. The van der Waals surface area contributed by atoms with Crippen LogP contribution in [0.2, 0.25) is 0 Å². The van der Waals surface area contributed by atoms with Crippen molar-refractivity contribution in [2.45, 2.75) is 57.1 Å². The number of aryl methyl sites for hydroxylation is 1. The average molecular weight is 478 g/mol. The first kappa shape index (κ1) is 23.3. The Morgan fingerprint density at radius 2 is 2.06 bits per heavy atom. The van der Waals surface area contributed by atoms with Crippen LogP contribution in [-0.2, 0) is 29.6 Å². The van der Waals surface area contributed by atoms with Gasteiger partial charge in [0.1, 0.15) is 11.1 Å². The van der Waals surface area contributed by atoms with Crippen molar-refractivity contribution in [3.8, 4) is 17.5 Å². The maximum atomic E-state index is 12.6. The highest BCUT2D eigenvalue weighted by Crippen LogP contribution is 2.38. The molecule has 0 bridgehead atoms. The zero-order valence-electron chi connectivity index (χ0n) is 19.1. The molecule has 0 saturated heterocycles. The molecule has 0 aliphatic heterocycles. The van der Waals surface area contributed by atoms with Gasteiger partial charge in [-0.05, 0) is 35.8 Å². The second-order valence-corrected chi connectivity index (χ2v) is 11.1. The Kier molecular flexibility index (Phi) is 6.73. The third kappa shape index (κ3) is 4.90. The number of benzene rings is 1. The fraction of sp³-hybridized carbons (Fsp3) is 0.360. The molecule has 4 rings (SSSR count). The van der Waals surface area contributed by atoms with Crippen LogP contribution in [0, 0.1) is 11.3 Å². The van der Waals surface area contributed by atoms with E-state index in [1.54, 1.807) is 6.08 Å². The third-order valence-electron chi connectivity index (χ3n) is 5.66. The van der Waals surface area contributed by atoms with Crippen LogP contribution in [0.3, 0.4) is 0 Å². The number of hydrogen-bond acceptors (Lipinski definition) is 6. The van der Waals surface area contributed by atoms with Crippen LogP contribution < -0.4 is 5.32 Å². The Morgan fingerprint density at radius 3 is 2.73 bits per heavy atom. The van der Waals surface area contributed by atoms with Crippen LogP contribution in [0.15, 0.2) is 42.1 Å². The topological polar surface area (TPSA) is 83.6 Å². The first-order valence-corrected chi connectivity index (χ1v) is 12.7. The number of nitrogens with zero attached hydrogens (tertiary/aromatic N) is 4. The molecule has 1 amide bonds. The summed E-state index contributed by atoms with van der Waals surface area (Å²) in [4.78, 5) is 13.9. The summed E-state index contributed by atoms with van der Waals surface area (Å²) in [5, 5.41) is 22.5. The number of aromatic nitrogens is 3. The lowest BCUT2D eigenvalue weighted by molar-refractivity contribution is -0.113. The van der Waals surface area contributed by atoms with Crippen LogP contribution >= 0.6 is 23.1 Å². The molecule has 2 aromatic heterocycles. The molecule has 1 aliphatic carbocycles. The number of carbonyl (C=O) groups is 1. The van der Waals surface area contributed by atoms with Crippen LogP contribution in [0.4, 0.5) is 5.00 Å². The molecule has 3 aromatic rings. The molecule has 0 fully saturated rings. The maximum Gasteiger partial charge on any atom is 0.235 e. The number of nitrogens with one attached hydrogen (secondary N) is 1. The van der Waals surface area contributed by atoms with E-state index in [0.29, 0.717) is 22.3 Å². The number of thioether (sulfide) groups is 1. The summed E-state index contributed by atoms with van der Waals surface area (Å²) in [5.74, 6) is 0.784. The smallest absolute Gasteiger partial charge is 0.235 e. The fourth-order valence-corrected chi connectivity index (χ4v) is 5.93. The van der Waals surface area contributed by atoms with Crippen molar-refractivity contribution in [1.29, 1.82) is 5.26 Å². The highest BCUT2D eigenvalue weighted by Gasteiger charge is 2.23. The van der Waals surface area contributed by atoms with Crippen LogP contribution in [0.5, 0.6) is 0 Å². The number of nitriles is 1. The van der Waals surface area contributed by atoms with Crippen LogP contribution in [0.25, 0.3) is 11.4 Å². The molecular weight excluding hydrogens is 450 g/mol. The number of fused-ring (bicyclic) bond motifs is 1. The van der Waals surface area contributed by atoms with E-state index in [0.717, 1.165) is 36.2 Å². The number of hydrogen-bond donors (Lipinski definition) is 1. The largest absolute Gasteiger partial charge is 0.316 e. The molecule has 6 nitrogen and oxygen atoms in total. The molecule has 170 valence electrons. The molecule has 8 heteroatoms. The van der Waals surface area contributed by atoms with Gasteiger partial charge in [-0.15, -0.1) is 28.1 Å². The molecule has 0 spiro atoms. The second kappa shape index (κ2) is 9.54. The third-order valence-corrected chi connectivity index (χ3v) is 7.83. The van der Waals surface area contributed by atoms with E-state index < -0.39 is 0 Å². The summed E-state index contributed by atoms with van der Waals surface area (Å²) in [5.41, 5.74) is 4.04. The highest BCUT2D eigenvalue weighted by molar-refractivity contribution is 7.99. The summed E-state index contributed by atoms with van der Waals surface area (Å²) in [7, 11) is 0. The molecule has 2 heterocycles. The van der Waals surface area contributed by atoms with Gasteiger partial charge in [-0.1, -0.05) is 62.9 Å². The molecule has 1 aliphatic rings. The Morgan fingerprint density at radius 1 is 1.30 bits per heavy atom. The highest BCUT2D eigenvalue weighted by atomic mass is 32.2. The van der Waals surface area contributed by atoms with E-state index in [9.17, 15) is 10.1 Å². The lowest BCUT2D eigenvalue weighted by atomic mass is 9.87. The van der Waals surface area contributed by atoms with Crippen LogP contribution in [0.1, 0.15) is 48.8 Å². The summed E-state index contributed by atoms with van der Waals surface area (Å²) in [6.45, 7) is 11.0. The molecule has 0 unspecified atom stereocenters.